The van der Waals surface area contributed by atoms with Crippen LogP contribution in [0.4, 0.5) is 5.69 Å². The molecule has 2 aliphatic rings. The molecule has 3 nitrogen and oxygen atoms in total. The van der Waals surface area contributed by atoms with Gasteiger partial charge in [0.05, 0.1) is 11.6 Å². The van der Waals surface area contributed by atoms with Crippen molar-refractivity contribution >= 4 is 28.2 Å². The van der Waals surface area contributed by atoms with Gasteiger partial charge in [-0.15, -0.1) is 0 Å². The van der Waals surface area contributed by atoms with Gasteiger partial charge in [-0.05, 0) is 69.1 Å². The maximum atomic E-state index is 8.64. The predicted molar refractivity (Wildman–Crippen MR) is 121 cm³/mol. The number of nitrogens with one attached hydrogen (secondary N) is 1. The average molecular weight is 408 g/mol. The summed E-state index contributed by atoms with van der Waals surface area (Å²) in [7, 11) is 0. The molecule has 0 fully saturated rings. The molecule has 152 valence electrons. The van der Waals surface area contributed by atoms with Gasteiger partial charge in [0.2, 0.25) is 0 Å². The van der Waals surface area contributed by atoms with Gasteiger partial charge in [-0.25, -0.2) is 0 Å². The highest BCUT2D eigenvalue weighted by atomic mass is 35.5. The molecule has 2 bridgehead atoms. The number of hydrogen-bond donors (Lipinski definition) is 1. The lowest BCUT2D eigenvalue weighted by molar-refractivity contribution is 0.433. The highest BCUT2D eigenvalue weighted by molar-refractivity contribution is 6.31. The zero-order valence-corrected chi connectivity index (χ0v) is 18.1. The number of nitrogens with zero attached hydrogens (tertiary/aromatic N) is 2. The van der Waals surface area contributed by atoms with Crippen molar-refractivity contribution in [2.45, 2.75) is 70.6 Å². The topological polar surface area (TPSA) is 48.7 Å². The van der Waals surface area contributed by atoms with Gasteiger partial charge in [-0.3, -0.25) is 4.98 Å². The number of benzene rings is 1. The molecule has 1 aromatic heterocycles. The lowest BCUT2D eigenvalue weighted by atomic mass is 9.71. The van der Waals surface area contributed by atoms with E-state index in [0.717, 1.165) is 49.2 Å². The zero-order valence-electron chi connectivity index (χ0n) is 17.3. The number of pyridine rings is 1. The minimum Gasteiger partial charge on any atom is -0.384 e. The van der Waals surface area contributed by atoms with Crippen LogP contribution in [0.2, 0.25) is 5.02 Å². The quantitative estimate of drug-likeness (QED) is 0.373. The number of halogens is 1. The summed E-state index contributed by atoms with van der Waals surface area (Å²) in [4.78, 5) is 5.05. The second-order valence-corrected chi connectivity index (χ2v) is 9.16. The maximum Gasteiger partial charge on any atom is 0.0741 e. The van der Waals surface area contributed by atoms with Gasteiger partial charge in [0.25, 0.3) is 0 Å². The molecule has 1 aromatic carbocycles. The van der Waals surface area contributed by atoms with Crippen molar-refractivity contribution in [1.82, 2.24) is 4.98 Å². The standard InChI is InChI=1S/C25H30ClN3/c1-17-12-18-14-19(13-17)24-23(15-18)29-22-16-20(26)8-9-21(22)25(24)28-11-7-5-3-2-4-6-10-27/h8-9,12,16,18-19H,2-7,11,13-15H2,1H3,(H,28,29). The van der Waals surface area contributed by atoms with E-state index in [1.54, 1.807) is 0 Å². The highest BCUT2D eigenvalue weighted by Crippen LogP contribution is 2.47. The van der Waals surface area contributed by atoms with Gasteiger partial charge in [0.1, 0.15) is 0 Å². The molecule has 2 atom stereocenters. The first kappa shape index (κ1) is 20.2. The van der Waals surface area contributed by atoms with Gasteiger partial charge < -0.3 is 5.32 Å². The molecule has 1 heterocycles. The van der Waals surface area contributed by atoms with Crippen LogP contribution in [0.25, 0.3) is 10.9 Å². The summed E-state index contributed by atoms with van der Waals surface area (Å²) >= 11 is 6.28. The van der Waals surface area contributed by atoms with E-state index in [0.29, 0.717) is 18.3 Å². The van der Waals surface area contributed by atoms with Crippen molar-refractivity contribution in [2.24, 2.45) is 5.92 Å². The molecular weight excluding hydrogens is 378 g/mol. The molecule has 2 unspecified atom stereocenters. The molecule has 0 aliphatic heterocycles. The van der Waals surface area contributed by atoms with Crippen LogP contribution in [0.3, 0.4) is 0 Å². The van der Waals surface area contributed by atoms with Crippen LogP contribution < -0.4 is 5.32 Å². The second-order valence-electron chi connectivity index (χ2n) is 8.73. The molecule has 4 heteroatoms. The number of unbranched alkanes of at least 4 members (excludes halogenated alkanes) is 5. The average Bonchev–Trinajstić information content (AvgIpc) is 2.68. The normalized spacial score (nSPS) is 20.1. The van der Waals surface area contributed by atoms with E-state index in [1.165, 1.54) is 47.2 Å². The van der Waals surface area contributed by atoms with E-state index in [1.807, 2.05) is 12.1 Å². The maximum absolute atomic E-state index is 8.64. The van der Waals surface area contributed by atoms with Crippen molar-refractivity contribution in [3.05, 3.63) is 46.1 Å². The molecule has 0 amide bonds. The Morgan fingerprint density at radius 3 is 2.86 bits per heavy atom. The van der Waals surface area contributed by atoms with E-state index < -0.39 is 0 Å². The van der Waals surface area contributed by atoms with Crippen molar-refractivity contribution < 1.29 is 0 Å². The number of fused-ring (bicyclic) bond motifs is 5. The van der Waals surface area contributed by atoms with Crippen LogP contribution >= 0.6 is 11.6 Å². The lowest BCUT2D eigenvalue weighted by Gasteiger charge is -2.36. The molecule has 2 aromatic rings. The van der Waals surface area contributed by atoms with E-state index >= 15 is 0 Å². The van der Waals surface area contributed by atoms with E-state index in [4.69, 9.17) is 21.8 Å². The molecule has 0 saturated carbocycles. The summed E-state index contributed by atoms with van der Waals surface area (Å²) in [6, 6.07) is 8.35. The number of hydrogen-bond acceptors (Lipinski definition) is 3. The monoisotopic (exact) mass is 407 g/mol. The minimum absolute atomic E-state index is 0.579. The van der Waals surface area contributed by atoms with E-state index in [2.05, 4.69) is 30.5 Å². The molecule has 0 spiro atoms. The Balaban J connectivity index is 1.54. The number of allylic oxidation sites excluding steroid dienone is 2. The fourth-order valence-electron chi connectivity index (χ4n) is 5.15. The van der Waals surface area contributed by atoms with Gasteiger partial charge in [0.15, 0.2) is 0 Å². The summed E-state index contributed by atoms with van der Waals surface area (Å²) in [5.41, 5.74) is 6.55. The summed E-state index contributed by atoms with van der Waals surface area (Å²) in [5.74, 6) is 1.21. The summed E-state index contributed by atoms with van der Waals surface area (Å²) < 4.78 is 0. The highest BCUT2D eigenvalue weighted by Gasteiger charge is 2.33. The number of anilines is 1. The zero-order chi connectivity index (χ0) is 20.2. The van der Waals surface area contributed by atoms with Gasteiger partial charge in [-0.2, -0.15) is 5.26 Å². The Labute approximate surface area is 179 Å². The van der Waals surface area contributed by atoms with Crippen molar-refractivity contribution in [3.63, 3.8) is 0 Å². The Hall–Kier alpha value is -2.05. The molecule has 29 heavy (non-hydrogen) atoms. The Morgan fingerprint density at radius 2 is 2.00 bits per heavy atom. The SMILES string of the molecule is CC1=CC2Cc3nc4cc(Cl)ccc4c(NCCCCCCCC#N)c3C(C1)C2. The van der Waals surface area contributed by atoms with Crippen molar-refractivity contribution in [1.29, 1.82) is 5.26 Å². The summed E-state index contributed by atoms with van der Waals surface area (Å²) in [6.07, 6.45) is 12.4. The fourth-order valence-corrected chi connectivity index (χ4v) is 5.32. The van der Waals surface area contributed by atoms with E-state index in [-0.39, 0.29) is 0 Å². The van der Waals surface area contributed by atoms with Gasteiger partial charge in [0, 0.05) is 40.3 Å². The third kappa shape index (κ3) is 4.59. The Morgan fingerprint density at radius 1 is 1.17 bits per heavy atom. The third-order valence-corrected chi connectivity index (χ3v) is 6.61. The van der Waals surface area contributed by atoms with E-state index in [9.17, 15) is 0 Å². The van der Waals surface area contributed by atoms with Gasteiger partial charge >= 0.3 is 0 Å². The van der Waals surface area contributed by atoms with Crippen molar-refractivity contribution in [3.8, 4) is 6.07 Å². The first-order valence-corrected chi connectivity index (χ1v) is 11.4. The van der Waals surface area contributed by atoms with Crippen LogP contribution in [0.15, 0.2) is 29.8 Å². The Bertz CT molecular complexity index is 957. The summed E-state index contributed by atoms with van der Waals surface area (Å²) in [5, 5.41) is 14.4. The van der Waals surface area contributed by atoms with Crippen LogP contribution in [0, 0.1) is 17.2 Å². The third-order valence-electron chi connectivity index (χ3n) is 6.37. The molecule has 0 saturated heterocycles. The van der Waals surface area contributed by atoms with Crippen LogP contribution in [-0.4, -0.2) is 11.5 Å². The minimum atomic E-state index is 0.579. The molecule has 2 aliphatic carbocycles. The van der Waals surface area contributed by atoms with Crippen LogP contribution in [-0.2, 0) is 6.42 Å². The molecule has 1 N–H and O–H groups in total. The Kier molecular flexibility index (Phi) is 6.40. The number of aromatic nitrogens is 1. The number of nitriles is 1. The fraction of sp³-hybridized carbons (Fsp3) is 0.520. The van der Waals surface area contributed by atoms with Crippen LogP contribution in [0.1, 0.15) is 75.5 Å². The summed E-state index contributed by atoms with van der Waals surface area (Å²) in [6.45, 7) is 3.26. The largest absolute Gasteiger partial charge is 0.384 e. The number of rotatable bonds is 8. The van der Waals surface area contributed by atoms with Crippen LogP contribution in [0.5, 0.6) is 0 Å². The lowest BCUT2D eigenvalue weighted by Crippen LogP contribution is -2.24. The second kappa shape index (κ2) is 9.18. The predicted octanol–water partition coefficient (Wildman–Crippen LogP) is 7.16. The van der Waals surface area contributed by atoms with Crippen molar-refractivity contribution in [2.75, 3.05) is 11.9 Å². The molecular formula is C25H30ClN3. The first-order valence-electron chi connectivity index (χ1n) is 11.1. The van der Waals surface area contributed by atoms with Gasteiger partial charge in [-0.1, -0.05) is 42.5 Å². The molecule has 4 rings (SSSR count). The smallest absolute Gasteiger partial charge is 0.0741 e. The first-order chi connectivity index (χ1) is 14.2. The molecule has 0 radical (unpaired) electrons.